The molecule has 38 heavy (non-hydrogen) atoms. The van der Waals surface area contributed by atoms with Gasteiger partial charge in [0.2, 0.25) is 0 Å². The van der Waals surface area contributed by atoms with E-state index >= 15 is 0 Å². The van der Waals surface area contributed by atoms with Crippen LogP contribution in [0.25, 0.3) is 11.1 Å². The normalized spacial score (nSPS) is 16.7. The maximum atomic E-state index is 13.7. The molecule has 3 unspecified atom stereocenters. The van der Waals surface area contributed by atoms with Gasteiger partial charge >= 0.3 is 0 Å². The highest BCUT2D eigenvalue weighted by Crippen LogP contribution is 2.42. The maximum absolute atomic E-state index is 13.7. The highest BCUT2D eigenvalue weighted by molar-refractivity contribution is 6.02. The summed E-state index contributed by atoms with van der Waals surface area (Å²) < 4.78 is 0. The van der Waals surface area contributed by atoms with Crippen molar-refractivity contribution in [1.82, 2.24) is 0 Å². The summed E-state index contributed by atoms with van der Waals surface area (Å²) in [5.74, 6) is 0.741. The fourth-order valence-electron chi connectivity index (χ4n) is 6.53. The lowest BCUT2D eigenvalue weighted by molar-refractivity contribution is -0.129. The Bertz CT molecular complexity index is 1200. The molecule has 204 valence electrons. The molecule has 1 aliphatic carbocycles. The standard InChI is InChI=1S/C34H44O4/c1-8-10-27(28(9-2)32(37)15-21(5)35)16-24-17-31-29(20(3)4)19-30(22(6)34(31)33(38)18-24)26-13-11-25(12-14-26)23(7)36/h11-14,19-20,24,27-28H,8-10,15-18H2,1-7H3. The van der Waals surface area contributed by atoms with E-state index in [-0.39, 0.29) is 53.2 Å². The lowest BCUT2D eigenvalue weighted by atomic mass is 9.70. The van der Waals surface area contributed by atoms with Gasteiger partial charge in [0.05, 0.1) is 6.42 Å². The molecule has 0 saturated carbocycles. The first-order chi connectivity index (χ1) is 18.0. The Morgan fingerprint density at radius 3 is 2.18 bits per heavy atom. The summed E-state index contributed by atoms with van der Waals surface area (Å²) >= 11 is 0. The first-order valence-electron chi connectivity index (χ1n) is 14.3. The van der Waals surface area contributed by atoms with Crippen molar-refractivity contribution in [3.05, 3.63) is 58.1 Å². The zero-order chi connectivity index (χ0) is 28.1. The van der Waals surface area contributed by atoms with Gasteiger partial charge in [-0.15, -0.1) is 0 Å². The van der Waals surface area contributed by atoms with E-state index in [0.717, 1.165) is 54.4 Å². The van der Waals surface area contributed by atoms with E-state index < -0.39 is 0 Å². The molecule has 2 aromatic carbocycles. The molecule has 0 heterocycles. The summed E-state index contributed by atoms with van der Waals surface area (Å²) in [6.07, 6.45) is 4.84. The van der Waals surface area contributed by atoms with E-state index in [9.17, 15) is 19.2 Å². The Labute approximate surface area is 228 Å². The zero-order valence-electron chi connectivity index (χ0n) is 24.3. The summed E-state index contributed by atoms with van der Waals surface area (Å²) in [7, 11) is 0. The van der Waals surface area contributed by atoms with Crippen LogP contribution < -0.4 is 0 Å². The molecule has 4 nitrogen and oxygen atoms in total. The quantitative estimate of drug-likeness (QED) is 0.211. The Kier molecular flexibility index (Phi) is 9.98. The molecule has 0 radical (unpaired) electrons. The number of fused-ring (bicyclic) bond motifs is 1. The first kappa shape index (κ1) is 29.7. The number of ketones is 4. The van der Waals surface area contributed by atoms with E-state index in [4.69, 9.17) is 0 Å². The van der Waals surface area contributed by atoms with Gasteiger partial charge in [-0.05, 0) is 85.6 Å². The second-order valence-corrected chi connectivity index (χ2v) is 11.6. The van der Waals surface area contributed by atoms with Gasteiger partial charge in [0.1, 0.15) is 11.6 Å². The Morgan fingerprint density at radius 2 is 1.66 bits per heavy atom. The molecule has 0 N–H and O–H groups in total. The first-order valence-corrected chi connectivity index (χ1v) is 14.3. The molecule has 2 aromatic rings. The van der Waals surface area contributed by atoms with Crippen molar-refractivity contribution in [3.63, 3.8) is 0 Å². The van der Waals surface area contributed by atoms with Gasteiger partial charge in [-0.1, -0.05) is 70.9 Å². The minimum absolute atomic E-state index is 0.0119. The van der Waals surface area contributed by atoms with E-state index in [2.05, 4.69) is 26.8 Å². The van der Waals surface area contributed by atoms with Crippen molar-refractivity contribution in [1.29, 1.82) is 0 Å². The van der Waals surface area contributed by atoms with Crippen LogP contribution in [0.5, 0.6) is 0 Å². The predicted octanol–water partition coefficient (Wildman–Crippen LogP) is 8.11. The molecular weight excluding hydrogens is 472 g/mol. The second-order valence-electron chi connectivity index (χ2n) is 11.6. The number of Topliss-reactive ketones (excluding diaryl/α,β-unsaturated/α-hetero) is 4. The molecule has 0 bridgehead atoms. The molecule has 3 atom stereocenters. The highest BCUT2D eigenvalue weighted by Gasteiger charge is 2.34. The highest BCUT2D eigenvalue weighted by atomic mass is 16.1. The number of hydrogen-bond donors (Lipinski definition) is 0. The average molecular weight is 517 g/mol. The van der Waals surface area contributed by atoms with Gasteiger partial charge < -0.3 is 0 Å². The van der Waals surface area contributed by atoms with Gasteiger partial charge in [0, 0.05) is 23.5 Å². The largest absolute Gasteiger partial charge is 0.300 e. The third-order valence-corrected chi connectivity index (χ3v) is 8.34. The molecule has 0 spiro atoms. The smallest absolute Gasteiger partial charge is 0.163 e. The molecule has 0 aliphatic heterocycles. The minimum Gasteiger partial charge on any atom is -0.300 e. The van der Waals surface area contributed by atoms with Gasteiger partial charge in [-0.25, -0.2) is 0 Å². The van der Waals surface area contributed by atoms with Crippen LogP contribution in [0, 0.1) is 24.7 Å². The van der Waals surface area contributed by atoms with Crippen molar-refractivity contribution in [2.24, 2.45) is 17.8 Å². The van der Waals surface area contributed by atoms with Crippen LogP contribution in [0.1, 0.15) is 123 Å². The van der Waals surface area contributed by atoms with Crippen LogP contribution in [0.15, 0.2) is 30.3 Å². The zero-order valence-corrected chi connectivity index (χ0v) is 24.3. The van der Waals surface area contributed by atoms with Crippen LogP contribution in [0.3, 0.4) is 0 Å². The molecule has 0 aromatic heterocycles. The van der Waals surface area contributed by atoms with E-state index in [0.29, 0.717) is 12.0 Å². The lowest BCUT2D eigenvalue weighted by Gasteiger charge is -2.33. The number of benzene rings is 2. The summed E-state index contributed by atoms with van der Waals surface area (Å²) in [5, 5.41) is 0. The van der Waals surface area contributed by atoms with Crippen LogP contribution >= 0.6 is 0 Å². The Balaban J connectivity index is 1.98. The number of carbonyl (C=O) groups is 4. The molecular formula is C34H44O4. The lowest BCUT2D eigenvalue weighted by Crippen LogP contribution is -2.30. The van der Waals surface area contributed by atoms with Gasteiger partial charge in [0.15, 0.2) is 11.6 Å². The number of rotatable bonds is 12. The van der Waals surface area contributed by atoms with E-state index in [1.807, 2.05) is 38.1 Å². The number of carbonyl (C=O) groups excluding carboxylic acids is 4. The molecule has 1 aliphatic rings. The van der Waals surface area contributed by atoms with Gasteiger partial charge in [0.25, 0.3) is 0 Å². The Hall–Kier alpha value is -2.88. The Morgan fingerprint density at radius 1 is 1.00 bits per heavy atom. The van der Waals surface area contributed by atoms with Crippen LogP contribution in [-0.4, -0.2) is 23.1 Å². The maximum Gasteiger partial charge on any atom is 0.163 e. The molecule has 0 saturated heterocycles. The molecule has 0 amide bonds. The monoisotopic (exact) mass is 516 g/mol. The molecule has 0 fully saturated rings. The SMILES string of the molecule is CCCC(CC1CC(=O)c2c(C)c(-c3ccc(C(C)=O)cc3)cc(C(C)C)c2C1)C(CC)C(=O)CC(C)=O. The predicted molar refractivity (Wildman–Crippen MR) is 154 cm³/mol. The average Bonchev–Trinajstić information content (AvgIpc) is 2.84. The van der Waals surface area contributed by atoms with Crippen molar-refractivity contribution in [2.45, 2.75) is 99.3 Å². The summed E-state index contributed by atoms with van der Waals surface area (Å²) in [6.45, 7) is 13.6. The topological polar surface area (TPSA) is 68.3 Å². The van der Waals surface area contributed by atoms with Crippen LogP contribution in [-0.2, 0) is 16.0 Å². The fraction of sp³-hybridized carbons (Fsp3) is 0.529. The van der Waals surface area contributed by atoms with Gasteiger partial charge in [-0.3, -0.25) is 19.2 Å². The summed E-state index contributed by atoms with van der Waals surface area (Å²) in [5.41, 5.74) is 7.01. The third-order valence-electron chi connectivity index (χ3n) is 8.34. The van der Waals surface area contributed by atoms with E-state index in [1.165, 1.54) is 18.1 Å². The molecule has 4 heteroatoms. The number of hydrogen-bond acceptors (Lipinski definition) is 4. The van der Waals surface area contributed by atoms with Crippen molar-refractivity contribution in [2.75, 3.05) is 0 Å². The van der Waals surface area contributed by atoms with Crippen molar-refractivity contribution in [3.8, 4) is 11.1 Å². The minimum atomic E-state index is -0.123. The molecule has 3 rings (SSSR count). The third kappa shape index (κ3) is 6.57. The van der Waals surface area contributed by atoms with Crippen molar-refractivity contribution < 1.29 is 19.2 Å². The summed E-state index contributed by atoms with van der Waals surface area (Å²) in [4.78, 5) is 50.0. The second kappa shape index (κ2) is 12.8. The van der Waals surface area contributed by atoms with E-state index in [1.54, 1.807) is 6.92 Å². The summed E-state index contributed by atoms with van der Waals surface area (Å²) in [6, 6.07) is 9.91. The van der Waals surface area contributed by atoms with Gasteiger partial charge in [-0.2, -0.15) is 0 Å². The van der Waals surface area contributed by atoms with Crippen LogP contribution in [0.4, 0.5) is 0 Å². The van der Waals surface area contributed by atoms with Crippen LogP contribution in [0.2, 0.25) is 0 Å². The fourth-order valence-corrected chi connectivity index (χ4v) is 6.53. The van der Waals surface area contributed by atoms with Crippen molar-refractivity contribution >= 4 is 23.1 Å².